The van der Waals surface area contributed by atoms with Crippen LogP contribution < -0.4 is 9.47 Å². The molecule has 0 fully saturated rings. The minimum atomic E-state index is -3.81. The molecule has 0 N–H and O–H groups in total. The number of methoxy groups -OCH3 is 1. The molecule has 0 spiro atoms. The van der Waals surface area contributed by atoms with Crippen LogP contribution in [0.25, 0.3) is 10.6 Å². The maximum absolute atomic E-state index is 11.5. The van der Waals surface area contributed by atoms with E-state index >= 15 is 0 Å². The van der Waals surface area contributed by atoms with E-state index in [1.165, 1.54) is 0 Å². The van der Waals surface area contributed by atoms with Crippen molar-refractivity contribution in [3.05, 3.63) is 23.9 Å². The van der Waals surface area contributed by atoms with Gasteiger partial charge in [0.2, 0.25) is 0 Å². The molecule has 0 atom stereocenters. The second-order valence-electron chi connectivity index (χ2n) is 4.10. The summed E-state index contributed by atoms with van der Waals surface area (Å²) in [4.78, 5) is 4.29. The normalized spacial score (nSPS) is 11.4. The molecule has 8 heteroatoms. The zero-order valence-corrected chi connectivity index (χ0v) is 14.1. The van der Waals surface area contributed by atoms with E-state index in [9.17, 15) is 8.42 Å². The van der Waals surface area contributed by atoms with Gasteiger partial charge in [0.15, 0.2) is 15.7 Å². The highest BCUT2D eigenvalue weighted by Crippen LogP contribution is 2.41. The first-order chi connectivity index (χ1) is 9.88. The lowest BCUT2D eigenvalue weighted by molar-refractivity contribution is 0.312. The average Bonchev–Trinajstić information content (AvgIpc) is 2.81. The Hall–Kier alpha value is -1.31. The second-order valence-corrected chi connectivity index (χ2v) is 7.86. The lowest BCUT2D eigenvalue weighted by Crippen LogP contribution is -1.97. The molecular formula is C13H14ClNO4S2. The van der Waals surface area contributed by atoms with Gasteiger partial charge in [-0.05, 0) is 26.0 Å². The van der Waals surface area contributed by atoms with Crippen LogP contribution in [0.2, 0.25) is 0 Å². The van der Waals surface area contributed by atoms with Gasteiger partial charge in [0.05, 0.1) is 25.0 Å². The highest BCUT2D eigenvalue weighted by atomic mass is 35.7. The van der Waals surface area contributed by atoms with Crippen LogP contribution in [-0.4, -0.2) is 27.1 Å². The Labute approximate surface area is 131 Å². The minimum Gasteiger partial charge on any atom is -0.493 e. The zero-order valence-electron chi connectivity index (χ0n) is 11.7. The van der Waals surface area contributed by atoms with E-state index < -0.39 is 9.05 Å². The molecule has 1 aromatic carbocycles. The Kier molecular flexibility index (Phi) is 4.75. The molecule has 2 rings (SSSR count). The number of nitrogens with zero attached hydrogens (tertiary/aromatic N) is 1. The van der Waals surface area contributed by atoms with Crippen molar-refractivity contribution in [1.82, 2.24) is 4.98 Å². The van der Waals surface area contributed by atoms with Crippen molar-refractivity contribution in [2.75, 3.05) is 13.7 Å². The Morgan fingerprint density at radius 2 is 2.10 bits per heavy atom. The summed E-state index contributed by atoms with van der Waals surface area (Å²) < 4.78 is 33.9. The van der Waals surface area contributed by atoms with Crippen molar-refractivity contribution < 1.29 is 17.9 Å². The number of aryl methyl sites for hydroxylation is 1. The van der Waals surface area contributed by atoms with Crippen LogP contribution in [0.4, 0.5) is 0 Å². The highest BCUT2D eigenvalue weighted by molar-refractivity contribution is 8.15. The number of ether oxygens (including phenoxy) is 2. The number of hydrogen-bond acceptors (Lipinski definition) is 6. The molecule has 1 aromatic heterocycles. The second kappa shape index (κ2) is 6.21. The van der Waals surface area contributed by atoms with E-state index in [0.717, 1.165) is 11.3 Å². The van der Waals surface area contributed by atoms with Crippen LogP contribution in [0, 0.1) is 6.92 Å². The van der Waals surface area contributed by atoms with Gasteiger partial charge in [-0.3, -0.25) is 0 Å². The molecule has 21 heavy (non-hydrogen) atoms. The van der Waals surface area contributed by atoms with Gasteiger partial charge in [-0.2, -0.15) is 0 Å². The third kappa shape index (κ3) is 3.30. The molecule has 0 saturated heterocycles. The number of hydrogen-bond donors (Lipinski definition) is 0. The maximum atomic E-state index is 11.5. The summed E-state index contributed by atoms with van der Waals surface area (Å²) in [6, 6.07) is 5.37. The Morgan fingerprint density at radius 3 is 2.62 bits per heavy atom. The van der Waals surface area contributed by atoms with Crippen molar-refractivity contribution in [3.8, 4) is 22.1 Å². The molecule has 5 nitrogen and oxygen atoms in total. The van der Waals surface area contributed by atoms with Crippen LogP contribution in [0.1, 0.15) is 12.6 Å². The monoisotopic (exact) mass is 347 g/mol. The topological polar surface area (TPSA) is 65.5 Å². The van der Waals surface area contributed by atoms with E-state index in [2.05, 4.69) is 4.98 Å². The molecule has 2 aromatic rings. The average molecular weight is 348 g/mol. The first kappa shape index (κ1) is 16.1. The van der Waals surface area contributed by atoms with Gasteiger partial charge in [0.1, 0.15) is 5.01 Å². The van der Waals surface area contributed by atoms with Gasteiger partial charge >= 0.3 is 0 Å². The smallest absolute Gasteiger partial charge is 0.272 e. The fourth-order valence-electron chi connectivity index (χ4n) is 1.86. The van der Waals surface area contributed by atoms with Crippen molar-refractivity contribution in [2.24, 2.45) is 0 Å². The van der Waals surface area contributed by atoms with Crippen molar-refractivity contribution in [1.29, 1.82) is 0 Å². The molecule has 0 saturated carbocycles. The fraction of sp³-hybridized carbons (Fsp3) is 0.308. The van der Waals surface area contributed by atoms with Crippen LogP contribution in [-0.2, 0) is 9.05 Å². The molecule has 0 aliphatic carbocycles. The quantitative estimate of drug-likeness (QED) is 0.775. The van der Waals surface area contributed by atoms with Crippen LogP contribution in [0.3, 0.4) is 0 Å². The molecule has 1 heterocycles. The first-order valence-corrected chi connectivity index (χ1v) is 9.23. The number of halogens is 1. The lowest BCUT2D eigenvalue weighted by atomic mass is 10.2. The summed E-state index contributed by atoms with van der Waals surface area (Å²) in [5.41, 5.74) is 1.05. The lowest BCUT2D eigenvalue weighted by Gasteiger charge is -2.12. The van der Waals surface area contributed by atoms with Crippen LogP contribution in [0.15, 0.2) is 22.4 Å². The largest absolute Gasteiger partial charge is 0.493 e. The van der Waals surface area contributed by atoms with Gasteiger partial charge in [0.25, 0.3) is 9.05 Å². The molecule has 0 aliphatic heterocycles. The van der Waals surface area contributed by atoms with Gasteiger partial charge < -0.3 is 9.47 Å². The predicted octanol–water partition coefficient (Wildman–Crippen LogP) is 3.45. The number of aromatic nitrogens is 1. The summed E-state index contributed by atoms with van der Waals surface area (Å²) in [6.07, 6.45) is 0. The molecule has 0 unspecified atom stereocenters. The summed E-state index contributed by atoms with van der Waals surface area (Å²) in [6.45, 7) is 3.92. The third-order valence-corrected chi connectivity index (χ3v) is 6.06. The molecular weight excluding hydrogens is 334 g/mol. The van der Waals surface area contributed by atoms with Crippen molar-refractivity contribution >= 4 is 31.1 Å². The van der Waals surface area contributed by atoms with Crippen molar-refractivity contribution in [2.45, 2.75) is 18.1 Å². The molecule has 0 bridgehead atoms. The van der Waals surface area contributed by atoms with Crippen LogP contribution in [0.5, 0.6) is 11.5 Å². The molecule has 114 valence electrons. The van der Waals surface area contributed by atoms with E-state index in [0.29, 0.717) is 34.4 Å². The number of thiazole rings is 1. The van der Waals surface area contributed by atoms with E-state index in [-0.39, 0.29) is 4.21 Å². The van der Waals surface area contributed by atoms with Crippen molar-refractivity contribution in [3.63, 3.8) is 0 Å². The Balaban J connectivity index is 2.62. The Bertz CT molecular complexity index is 756. The summed E-state index contributed by atoms with van der Waals surface area (Å²) >= 11 is 1.01. The highest BCUT2D eigenvalue weighted by Gasteiger charge is 2.22. The number of rotatable bonds is 5. The summed E-state index contributed by atoms with van der Waals surface area (Å²) in [7, 11) is 3.15. The number of para-hydroxylation sites is 1. The van der Waals surface area contributed by atoms with Gasteiger partial charge in [-0.15, -0.1) is 11.3 Å². The summed E-state index contributed by atoms with van der Waals surface area (Å²) in [5.74, 6) is 1.10. The molecule has 0 radical (unpaired) electrons. The molecule has 0 amide bonds. The fourth-order valence-corrected chi connectivity index (χ4v) is 4.34. The maximum Gasteiger partial charge on any atom is 0.272 e. The first-order valence-electron chi connectivity index (χ1n) is 6.10. The number of benzene rings is 1. The van der Waals surface area contributed by atoms with Gasteiger partial charge in [-0.1, -0.05) is 6.07 Å². The predicted molar refractivity (Wildman–Crippen MR) is 83.0 cm³/mol. The molecule has 0 aliphatic rings. The van der Waals surface area contributed by atoms with E-state index in [1.807, 2.05) is 6.92 Å². The van der Waals surface area contributed by atoms with E-state index in [1.54, 1.807) is 32.2 Å². The summed E-state index contributed by atoms with van der Waals surface area (Å²) in [5, 5.41) is 0.522. The zero-order chi connectivity index (χ0) is 15.6. The van der Waals surface area contributed by atoms with Gasteiger partial charge in [-0.25, -0.2) is 13.4 Å². The third-order valence-electron chi connectivity index (χ3n) is 2.69. The minimum absolute atomic E-state index is 0.0458. The van der Waals surface area contributed by atoms with Crippen LogP contribution >= 0.6 is 22.0 Å². The standard InChI is InChI=1S/C13H14ClNO4S2/c1-4-19-11-9(6-5-7-10(11)18-3)12-15-8(2)13(20-12)21(14,16)17/h5-7H,4H2,1-3H3. The van der Waals surface area contributed by atoms with E-state index in [4.69, 9.17) is 20.2 Å². The SMILES string of the molecule is CCOc1c(OC)cccc1-c1nc(C)c(S(=O)(=O)Cl)s1. The Morgan fingerprint density at radius 1 is 1.38 bits per heavy atom. The van der Waals surface area contributed by atoms with Gasteiger partial charge in [0, 0.05) is 10.7 Å².